The van der Waals surface area contributed by atoms with Gasteiger partial charge < -0.3 is 19.5 Å². The van der Waals surface area contributed by atoms with Gasteiger partial charge in [-0.15, -0.1) is 0 Å². The molecule has 6 nitrogen and oxygen atoms in total. The smallest absolute Gasteiger partial charge is 0.266 e. The zero-order valence-corrected chi connectivity index (χ0v) is 19.8. The summed E-state index contributed by atoms with van der Waals surface area (Å²) in [7, 11) is 0. The first kappa shape index (κ1) is 23.6. The SMILES string of the molecule is CCN(c1ccc(NC(=O)/C(C#N)=C/c2cc(C)n(CC3CCCO3)c2C)cc1)C(C)C. The maximum Gasteiger partial charge on any atom is 0.266 e. The zero-order valence-electron chi connectivity index (χ0n) is 19.8. The summed E-state index contributed by atoms with van der Waals surface area (Å²) in [4.78, 5) is 15.1. The average molecular weight is 435 g/mol. The first-order chi connectivity index (χ1) is 15.3. The van der Waals surface area contributed by atoms with Gasteiger partial charge in [-0.2, -0.15) is 5.26 Å². The molecule has 2 aromatic rings. The zero-order chi connectivity index (χ0) is 23.3. The lowest BCUT2D eigenvalue weighted by Gasteiger charge is -2.27. The Balaban J connectivity index is 1.74. The fourth-order valence-electron chi connectivity index (χ4n) is 4.33. The predicted molar refractivity (Wildman–Crippen MR) is 130 cm³/mol. The van der Waals surface area contributed by atoms with Gasteiger partial charge in [-0.25, -0.2) is 0 Å². The number of ether oxygens (including phenoxy) is 1. The fourth-order valence-corrected chi connectivity index (χ4v) is 4.33. The fraction of sp³-hybridized carbons (Fsp3) is 0.462. The second-order valence-electron chi connectivity index (χ2n) is 8.62. The predicted octanol–water partition coefficient (Wildman–Crippen LogP) is 5.06. The maximum atomic E-state index is 12.8. The summed E-state index contributed by atoms with van der Waals surface area (Å²) in [6.07, 6.45) is 4.08. The van der Waals surface area contributed by atoms with Crippen LogP contribution in [0.25, 0.3) is 6.08 Å². The van der Waals surface area contributed by atoms with E-state index in [4.69, 9.17) is 4.74 Å². The lowest BCUT2D eigenvalue weighted by atomic mass is 10.1. The molecule has 6 heteroatoms. The van der Waals surface area contributed by atoms with Gasteiger partial charge in [0, 0.05) is 48.5 Å². The Morgan fingerprint density at radius 2 is 2.06 bits per heavy atom. The van der Waals surface area contributed by atoms with Crippen LogP contribution in [0.15, 0.2) is 35.9 Å². The molecule has 0 spiro atoms. The van der Waals surface area contributed by atoms with Crippen LogP contribution >= 0.6 is 0 Å². The molecule has 0 aliphatic carbocycles. The Morgan fingerprint density at radius 1 is 1.34 bits per heavy atom. The van der Waals surface area contributed by atoms with Crippen molar-refractivity contribution in [3.63, 3.8) is 0 Å². The van der Waals surface area contributed by atoms with Crippen LogP contribution in [0.5, 0.6) is 0 Å². The second-order valence-corrected chi connectivity index (χ2v) is 8.62. The van der Waals surface area contributed by atoms with Gasteiger partial charge in [0.25, 0.3) is 5.91 Å². The molecular formula is C26H34N4O2. The van der Waals surface area contributed by atoms with Gasteiger partial charge in [0.15, 0.2) is 0 Å². The lowest BCUT2D eigenvalue weighted by molar-refractivity contribution is -0.112. The number of carbonyl (C=O) groups is 1. The van der Waals surface area contributed by atoms with E-state index in [2.05, 4.69) is 41.6 Å². The third-order valence-corrected chi connectivity index (χ3v) is 6.11. The summed E-state index contributed by atoms with van der Waals surface area (Å²) < 4.78 is 7.98. The van der Waals surface area contributed by atoms with Gasteiger partial charge in [0.05, 0.1) is 6.10 Å². The highest BCUT2D eigenvalue weighted by Crippen LogP contribution is 2.23. The van der Waals surface area contributed by atoms with Crippen molar-refractivity contribution in [2.24, 2.45) is 0 Å². The molecular weight excluding hydrogens is 400 g/mol. The molecule has 1 amide bonds. The van der Waals surface area contributed by atoms with Crippen LogP contribution in [-0.4, -0.2) is 35.8 Å². The molecule has 1 N–H and O–H groups in total. The minimum Gasteiger partial charge on any atom is -0.376 e. The standard InChI is InChI=1S/C26H34N4O2/c1-6-29(18(2)3)24-11-9-23(10-12-24)28-26(31)22(16-27)15-21-14-19(4)30(20(21)5)17-25-8-7-13-32-25/h9-12,14-15,18,25H,6-8,13,17H2,1-5H3,(H,28,31)/b22-15+. The van der Waals surface area contributed by atoms with E-state index in [1.807, 2.05) is 44.2 Å². The minimum absolute atomic E-state index is 0.0869. The van der Waals surface area contributed by atoms with Crippen LogP contribution in [-0.2, 0) is 16.1 Å². The van der Waals surface area contributed by atoms with Gasteiger partial charge in [-0.1, -0.05) is 0 Å². The van der Waals surface area contributed by atoms with E-state index in [0.717, 1.165) is 55.2 Å². The Morgan fingerprint density at radius 3 is 2.62 bits per heavy atom. The Labute approximate surface area is 191 Å². The number of carbonyl (C=O) groups excluding carboxylic acids is 1. The highest BCUT2D eigenvalue weighted by atomic mass is 16.5. The molecule has 1 aromatic heterocycles. The third-order valence-electron chi connectivity index (χ3n) is 6.11. The number of nitrogens with one attached hydrogen (secondary N) is 1. The summed E-state index contributed by atoms with van der Waals surface area (Å²) in [6.45, 7) is 13.0. The van der Waals surface area contributed by atoms with Gasteiger partial charge in [0.2, 0.25) is 0 Å². The lowest BCUT2D eigenvalue weighted by Crippen LogP contribution is -2.30. The molecule has 1 atom stereocenters. The Hall–Kier alpha value is -3.04. The first-order valence-electron chi connectivity index (χ1n) is 11.4. The molecule has 1 aliphatic heterocycles. The van der Waals surface area contributed by atoms with Crippen molar-refractivity contribution >= 4 is 23.4 Å². The largest absolute Gasteiger partial charge is 0.376 e. The van der Waals surface area contributed by atoms with Gasteiger partial charge in [0.1, 0.15) is 11.6 Å². The van der Waals surface area contributed by atoms with E-state index in [9.17, 15) is 10.1 Å². The number of aromatic nitrogens is 1. The molecule has 2 heterocycles. The van der Waals surface area contributed by atoms with Crippen molar-refractivity contribution < 1.29 is 9.53 Å². The van der Waals surface area contributed by atoms with Crippen molar-refractivity contribution in [3.8, 4) is 6.07 Å². The van der Waals surface area contributed by atoms with Crippen LogP contribution in [0.3, 0.4) is 0 Å². The molecule has 1 aromatic carbocycles. The van der Waals surface area contributed by atoms with Crippen LogP contribution in [0.2, 0.25) is 0 Å². The Bertz CT molecular complexity index is 1010. The van der Waals surface area contributed by atoms with Gasteiger partial charge in [-0.05, 0) is 89.4 Å². The maximum absolute atomic E-state index is 12.8. The monoisotopic (exact) mass is 434 g/mol. The summed E-state index contributed by atoms with van der Waals surface area (Å²) in [5.41, 5.74) is 4.89. The number of hydrogen-bond donors (Lipinski definition) is 1. The highest BCUT2D eigenvalue weighted by Gasteiger charge is 2.19. The summed E-state index contributed by atoms with van der Waals surface area (Å²) in [6, 6.07) is 12.2. The van der Waals surface area contributed by atoms with Crippen LogP contribution in [0.1, 0.15) is 50.6 Å². The number of nitrogens with zero attached hydrogens (tertiary/aromatic N) is 3. The normalized spacial score (nSPS) is 16.3. The van der Waals surface area contributed by atoms with E-state index in [0.29, 0.717) is 11.7 Å². The van der Waals surface area contributed by atoms with Crippen molar-refractivity contribution in [1.29, 1.82) is 5.26 Å². The first-order valence-corrected chi connectivity index (χ1v) is 11.4. The van der Waals surface area contributed by atoms with Crippen LogP contribution < -0.4 is 10.2 Å². The van der Waals surface area contributed by atoms with E-state index >= 15 is 0 Å². The van der Waals surface area contributed by atoms with E-state index < -0.39 is 5.91 Å². The molecule has 0 radical (unpaired) electrons. The number of benzene rings is 1. The molecule has 170 valence electrons. The summed E-state index contributed by atoms with van der Waals surface area (Å²) in [5.74, 6) is -0.402. The second kappa shape index (κ2) is 10.5. The molecule has 1 saturated heterocycles. The van der Waals surface area contributed by atoms with E-state index in [1.54, 1.807) is 6.08 Å². The van der Waals surface area contributed by atoms with Gasteiger partial charge >= 0.3 is 0 Å². The number of amides is 1. The molecule has 1 unspecified atom stereocenters. The number of anilines is 2. The van der Waals surface area contributed by atoms with Crippen molar-refractivity contribution in [3.05, 3.63) is 52.9 Å². The van der Waals surface area contributed by atoms with Crippen molar-refractivity contribution in [2.45, 2.75) is 66.2 Å². The summed E-state index contributed by atoms with van der Waals surface area (Å²) in [5, 5.41) is 12.5. The molecule has 1 aliphatic rings. The Kier molecular flexibility index (Phi) is 7.76. The van der Waals surface area contributed by atoms with E-state index in [-0.39, 0.29) is 11.7 Å². The average Bonchev–Trinajstić information content (AvgIpc) is 3.37. The molecule has 0 bridgehead atoms. The van der Waals surface area contributed by atoms with E-state index in [1.165, 1.54) is 0 Å². The van der Waals surface area contributed by atoms with Crippen molar-refractivity contribution in [2.75, 3.05) is 23.4 Å². The number of aryl methyl sites for hydroxylation is 1. The molecule has 3 rings (SSSR count). The number of nitriles is 1. The van der Waals surface area contributed by atoms with Crippen LogP contribution in [0, 0.1) is 25.2 Å². The minimum atomic E-state index is -0.402. The molecule has 32 heavy (non-hydrogen) atoms. The summed E-state index contributed by atoms with van der Waals surface area (Å²) >= 11 is 0. The molecule has 0 saturated carbocycles. The van der Waals surface area contributed by atoms with Gasteiger partial charge in [-0.3, -0.25) is 4.79 Å². The highest BCUT2D eigenvalue weighted by molar-refractivity contribution is 6.09. The third kappa shape index (κ3) is 5.41. The quantitative estimate of drug-likeness (QED) is 0.465. The van der Waals surface area contributed by atoms with Crippen LogP contribution in [0.4, 0.5) is 11.4 Å². The topological polar surface area (TPSA) is 70.3 Å². The number of rotatable bonds is 8. The van der Waals surface area contributed by atoms with Crippen molar-refractivity contribution in [1.82, 2.24) is 4.57 Å². The number of hydrogen-bond acceptors (Lipinski definition) is 4. The molecule has 1 fully saturated rings.